The maximum Gasteiger partial charge on any atom is 0.318 e. The molecule has 0 aliphatic carbocycles. The third-order valence-electron chi connectivity index (χ3n) is 4.52. The topological polar surface area (TPSA) is 50.2 Å². The number of benzene rings is 1. The number of urea groups is 1. The largest absolute Gasteiger partial charge is 0.331 e. The number of rotatable bonds is 4. The minimum absolute atomic E-state index is 0.0276. The van der Waals surface area contributed by atoms with Crippen LogP contribution >= 0.6 is 0 Å². The molecule has 2 aromatic rings. The van der Waals surface area contributed by atoms with E-state index in [1.807, 2.05) is 31.1 Å². The van der Waals surface area contributed by atoms with Gasteiger partial charge in [0, 0.05) is 31.4 Å². The first-order valence-corrected chi connectivity index (χ1v) is 8.23. The van der Waals surface area contributed by atoms with Crippen molar-refractivity contribution in [1.82, 2.24) is 20.0 Å². The van der Waals surface area contributed by atoms with Gasteiger partial charge in [-0.2, -0.15) is 5.10 Å². The zero-order valence-electron chi connectivity index (χ0n) is 13.8. The molecular weight excluding hydrogens is 288 g/mol. The fourth-order valence-electron chi connectivity index (χ4n) is 3.22. The number of amides is 2. The Morgan fingerprint density at radius 2 is 2.17 bits per heavy atom. The van der Waals surface area contributed by atoms with Crippen LogP contribution in [-0.2, 0) is 13.5 Å². The minimum atomic E-state index is -0.0332. The number of carbonyl (C=O) groups is 1. The van der Waals surface area contributed by atoms with E-state index in [1.54, 1.807) is 10.9 Å². The molecule has 5 heteroatoms. The first-order chi connectivity index (χ1) is 11.1. The normalized spacial score (nSPS) is 18.9. The van der Waals surface area contributed by atoms with E-state index in [4.69, 9.17) is 0 Å². The van der Waals surface area contributed by atoms with Crippen molar-refractivity contribution in [2.75, 3.05) is 6.54 Å². The Kier molecular flexibility index (Phi) is 4.65. The fraction of sp³-hybridized carbons (Fsp3) is 0.444. The number of hydrogen-bond donors (Lipinski definition) is 1. The van der Waals surface area contributed by atoms with Crippen LogP contribution in [0.3, 0.4) is 0 Å². The molecule has 5 nitrogen and oxygen atoms in total. The maximum atomic E-state index is 12.6. The van der Waals surface area contributed by atoms with Gasteiger partial charge < -0.3 is 10.2 Å². The Balaban J connectivity index is 1.61. The summed E-state index contributed by atoms with van der Waals surface area (Å²) in [4.78, 5) is 14.6. The van der Waals surface area contributed by atoms with Gasteiger partial charge in [0.2, 0.25) is 0 Å². The predicted octanol–water partition coefficient (Wildman–Crippen LogP) is 2.90. The Morgan fingerprint density at radius 3 is 2.87 bits per heavy atom. The van der Waals surface area contributed by atoms with Crippen LogP contribution in [-0.4, -0.2) is 33.3 Å². The second kappa shape index (κ2) is 6.86. The van der Waals surface area contributed by atoms with Crippen molar-refractivity contribution < 1.29 is 4.79 Å². The molecule has 23 heavy (non-hydrogen) atoms. The van der Waals surface area contributed by atoms with Crippen LogP contribution < -0.4 is 5.32 Å². The summed E-state index contributed by atoms with van der Waals surface area (Å²) < 4.78 is 1.76. The lowest BCUT2D eigenvalue weighted by Crippen LogP contribution is -2.44. The van der Waals surface area contributed by atoms with E-state index in [1.165, 1.54) is 5.56 Å². The molecule has 1 aromatic heterocycles. The van der Waals surface area contributed by atoms with Crippen molar-refractivity contribution in [2.24, 2.45) is 7.05 Å². The molecule has 1 aliphatic heterocycles. The van der Waals surface area contributed by atoms with Gasteiger partial charge in [0.05, 0.1) is 12.2 Å². The summed E-state index contributed by atoms with van der Waals surface area (Å²) >= 11 is 0. The van der Waals surface area contributed by atoms with Crippen molar-refractivity contribution in [3.63, 3.8) is 0 Å². The second-order valence-corrected chi connectivity index (χ2v) is 6.30. The smallest absolute Gasteiger partial charge is 0.318 e. The number of aryl methyl sites for hydroxylation is 1. The van der Waals surface area contributed by atoms with Crippen molar-refractivity contribution in [2.45, 2.75) is 38.3 Å². The molecule has 1 aromatic carbocycles. The molecule has 122 valence electrons. The first-order valence-electron chi connectivity index (χ1n) is 8.23. The molecule has 0 saturated carbocycles. The standard InChI is InChI=1S/C18H24N4O/c1-14(16-12-19-21(2)13-16)20-18(23)22-10-6-9-17(22)11-15-7-4-3-5-8-15/h3-5,7-8,12-14,17H,6,9-11H2,1-2H3,(H,20,23). The SMILES string of the molecule is CC(NC(=O)N1CCCC1Cc1ccccc1)c1cnn(C)c1. The lowest BCUT2D eigenvalue weighted by atomic mass is 10.0. The lowest BCUT2D eigenvalue weighted by molar-refractivity contribution is 0.189. The van der Waals surface area contributed by atoms with Crippen LogP contribution in [0.4, 0.5) is 4.79 Å². The van der Waals surface area contributed by atoms with Gasteiger partial charge in [-0.15, -0.1) is 0 Å². The number of hydrogen-bond acceptors (Lipinski definition) is 2. The summed E-state index contributed by atoms with van der Waals surface area (Å²) in [5, 5.41) is 7.27. The van der Waals surface area contributed by atoms with E-state index in [9.17, 15) is 4.79 Å². The van der Waals surface area contributed by atoms with Crippen LogP contribution in [0.25, 0.3) is 0 Å². The van der Waals surface area contributed by atoms with Gasteiger partial charge in [0.1, 0.15) is 0 Å². The molecule has 0 spiro atoms. The fourth-order valence-corrected chi connectivity index (χ4v) is 3.22. The Morgan fingerprint density at radius 1 is 1.39 bits per heavy atom. The quantitative estimate of drug-likeness (QED) is 0.944. The van der Waals surface area contributed by atoms with Crippen LogP contribution in [0.5, 0.6) is 0 Å². The van der Waals surface area contributed by atoms with E-state index in [0.29, 0.717) is 6.04 Å². The zero-order valence-corrected chi connectivity index (χ0v) is 13.8. The van der Waals surface area contributed by atoms with Crippen LogP contribution in [0, 0.1) is 0 Å². The molecule has 2 unspecified atom stereocenters. The molecule has 3 rings (SSSR count). The molecule has 1 fully saturated rings. The van der Waals surface area contributed by atoms with Crippen molar-refractivity contribution in [1.29, 1.82) is 0 Å². The highest BCUT2D eigenvalue weighted by molar-refractivity contribution is 5.75. The second-order valence-electron chi connectivity index (χ2n) is 6.30. The number of nitrogens with zero attached hydrogens (tertiary/aromatic N) is 3. The summed E-state index contributed by atoms with van der Waals surface area (Å²) in [5.74, 6) is 0. The highest BCUT2D eigenvalue weighted by Gasteiger charge is 2.29. The lowest BCUT2D eigenvalue weighted by Gasteiger charge is -2.26. The highest BCUT2D eigenvalue weighted by Crippen LogP contribution is 2.22. The average Bonchev–Trinajstić information content (AvgIpc) is 3.17. The Labute approximate surface area is 137 Å². The van der Waals surface area contributed by atoms with E-state index in [0.717, 1.165) is 31.4 Å². The molecule has 1 saturated heterocycles. The number of nitrogens with one attached hydrogen (secondary N) is 1. The van der Waals surface area contributed by atoms with Gasteiger partial charge in [0.15, 0.2) is 0 Å². The van der Waals surface area contributed by atoms with E-state index in [-0.39, 0.29) is 12.1 Å². The Bertz CT molecular complexity index is 652. The molecule has 2 heterocycles. The van der Waals surface area contributed by atoms with Crippen LogP contribution in [0.15, 0.2) is 42.7 Å². The molecule has 0 bridgehead atoms. The zero-order chi connectivity index (χ0) is 16.2. The molecule has 2 atom stereocenters. The number of aromatic nitrogens is 2. The van der Waals surface area contributed by atoms with Gasteiger partial charge in [-0.25, -0.2) is 4.79 Å². The van der Waals surface area contributed by atoms with Gasteiger partial charge in [-0.3, -0.25) is 4.68 Å². The van der Waals surface area contributed by atoms with E-state index < -0.39 is 0 Å². The number of likely N-dealkylation sites (tertiary alicyclic amines) is 1. The average molecular weight is 312 g/mol. The van der Waals surface area contributed by atoms with Crippen LogP contribution in [0.2, 0.25) is 0 Å². The van der Waals surface area contributed by atoms with Gasteiger partial charge in [-0.1, -0.05) is 30.3 Å². The minimum Gasteiger partial charge on any atom is -0.331 e. The number of carbonyl (C=O) groups excluding carboxylic acids is 1. The maximum absolute atomic E-state index is 12.6. The Hall–Kier alpha value is -2.30. The first kappa shape index (κ1) is 15.6. The van der Waals surface area contributed by atoms with Gasteiger partial charge in [-0.05, 0) is 31.7 Å². The van der Waals surface area contributed by atoms with Crippen LogP contribution in [0.1, 0.15) is 36.9 Å². The predicted molar refractivity (Wildman–Crippen MR) is 90.0 cm³/mol. The third-order valence-corrected chi connectivity index (χ3v) is 4.52. The summed E-state index contributed by atoms with van der Waals surface area (Å²) in [7, 11) is 1.88. The van der Waals surface area contributed by atoms with Crippen molar-refractivity contribution in [3.8, 4) is 0 Å². The van der Waals surface area contributed by atoms with E-state index in [2.05, 4.69) is 34.7 Å². The highest BCUT2D eigenvalue weighted by atomic mass is 16.2. The van der Waals surface area contributed by atoms with Crippen molar-refractivity contribution >= 4 is 6.03 Å². The summed E-state index contributed by atoms with van der Waals surface area (Å²) in [6.07, 6.45) is 6.82. The molecule has 0 radical (unpaired) electrons. The van der Waals surface area contributed by atoms with Crippen molar-refractivity contribution in [3.05, 3.63) is 53.9 Å². The summed E-state index contributed by atoms with van der Waals surface area (Å²) in [6.45, 7) is 2.83. The summed E-state index contributed by atoms with van der Waals surface area (Å²) in [6, 6.07) is 10.7. The van der Waals surface area contributed by atoms with E-state index >= 15 is 0 Å². The molecular formula is C18H24N4O. The molecule has 2 amide bonds. The monoisotopic (exact) mass is 312 g/mol. The third kappa shape index (κ3) is 3.73. The van der Waals surface area contributed by atoms with Gasteiger partial charge in [0.25, 0.3) is 0 Å². The molecule has 1 N–H and O–H groups in total. The molecule has 1 aliphatic rings. The van der Waals surface area contributed by atoms with Gasteiger partial charge >= 0.3 is 6.03 Å². The summed E-state index contributed by atoms with van der Waals surface area (Å²) in [5.41, 5.74) is 2.32.